The van der Waals surface area contributed by atoms with Gasteiger partial charge < -0.3 is 15.7 Å². The molecule has 2 rings (SSSR count). The third kappa shape index (κ3) is 2.90. The van der Waals surface area contributed by atoms with Crippen LogP contribution in [0.4, 0.5) is 5.69 Å². The molecule has 0 spiro atoms. The van der Waals surface area contributed by atoms with Crippen molar-refractivity contribution in [3.05, 3.63) is 27.9 Å². The Bertz CT molecular complexity index is 511. The van der Waals surface area contributed by atoms with E-state index in [0.29, 0.717) is 0 Å². The highest BCUT2D eigenvalue weighted by Gasteiger charge is 2.22. The lowest BCUT2D eigenvalue weighted by Crippen LogP contribution is -2.19. The third-order valence-corrected chi connectivity index (χ3v) is 2.99. The van der Waals surface area contributed by atoms with Crippen molar-refractivity contribution >= 4 is 11.5 Å². The van der Waals surface area contributed by atoms with Crippen molar-refractivity contribution in [1.82, 2.24) is 4.98 Å². The van der Waals surface area contributed by atoms with Gasteiger partial charge in [0.25, 0.3) is 5.69 Å². The highest BCUT2D eigenvalue weighted by atomic mass is 16.6. The Balaban J connectivity index is 2.29. The van der Waals surface area contributed by atoms with Crippen LogP contribution >= 0.6 is 0 Å². The number of nitro groups is 1. The van der Waals surface area contributed by atoms with E-state index in [0.717, 1.165) is 25.7 Å². The smallest absolute Gasteiger partial charge is 0.299 e. The Labute approximate surface area is 109 Å². The van der Waals surface area contributed by atoms with Crippen LogP contribution < -0.4 is 10.5 Å². The standard InChI is InChI=1S/C11H14N4O4/c12-11(14-16)10-8(15(17)18)5-6-9(13-10)19-7-3-1-2-4-7/h5-7,16H,1-4H2,(H2,12,14). The molecule has 3 N–H and O–H groups in total. The van der Waals surface area contributed by atoms with Crippen molar-refractivity contribution in [1.29, 1.82) is 0 Å². The normalized spacial score (nSPS) is 16.5. The van der Waals surface area contributed by atoms with Crippen molar-refractivity contribution < 1.29 is 14.9 Å². The van der Waals surface area contributed by atoms with Gasteiger partial charge in [0, 0.05) is 12.1 Å². The van der Waals surface area contributed by atoms with Gasteiger partial charge >= 0.3 is 0 Å². The average molecular weight is 266 g/mol. The number of amidine groups is 1. The summed E-state index contributed by atoms with van der Waals surface area (Å²) in [6.07, 6.45) is 4.17. The molecule has 1 aliphatic carbocycles. The van der Waals surface area contributed by atoms with Gasteiger partial charge in [-0.1, -0.05) is 5.16 Å². The molecule has 0 aliphatic heterocycles. The fraction of sp³-hybridized carbons (Fsp3) is 0.455. The van der Waals surface area contributed by atoms with Crippen LogP contribution in [0.3, 0.4) is 0 Å². The second kappa shape index (κ2) is 5.51. The summed E-state index contributed by atoms with van der Waals surface area (Å²) in [6.45, 7) is 0. The van der Waals surface area contributed by atoms with E-state index in [-0.39, 0.29) is 23.4 Å². The first-order valence-corrected chi connectivity index (χ1v) is 5.92. The highest BCUT2D eigenvalue weighted by molar-refractivity contribution is 5.98. The molecule has 1 aromatic rings. The van der Waals surface area contributed by atoms with Crippen LogP contribution in [0.5, 0.6) is 5.88 Å². The second-order valence-corrected chi connectivity index (χ2v) is 4.28. The summed E-state index contributed by atoms with van der Waals surface area (Å²) in [5, 5.41) is 22.2. The van der Waals surface area contributed by atoms with E-state index in [1.165, 1.54) is 12.1 Å². The van der Waals surface area contributed by atoms with Gasteiger partial charge in [-0.25, -0.2) is 4.98 Å². The average Bonchev–Trinajstić information content (AvgIpc) is 2.90. The summed E-state index contributed by atoms with van der Waals surface area (Å²) in [5.41, 5.74) is 4.87. The number of aromatic nitrogens is 1. The van der Waals surface area contributed by atoms with E-state index >= 15 is 0 Å². The topological polar surface area (TPSA) is 124 Å². The molecule has 0 atom stereocenters. The fourth-order valence-electron chi connectivity index (χ4n) is 2.06. The predicted molar refractivity (Wildman–Crippen MR) is 66.3 cm³/mol. The molecule has 0 saturated heterocycles. The molecule has 102 valence electrons. The van der Waals surface area contributed by atoms with Gasteiger partial charge in [0.15, 0.2) is 11.5 Å². The van der Waals surface area contributed by atoms with Crippen LogP contribution in [0.15, 0.2) is 17.3 Å². The SMILES string of the molecule is N/C(=N/O)c1nc(OC2CCCC2)ccc1[N+](=O)[O-]. The maximum atomic E-state index is 10.8. The maximum Gasteiger partial charge on any atom is 0.299 e. The molecule has 1 saturated carbocycles. The van der Waals surface area contributed by atoms with E-state index in [2.05, 4.69) is 10.1 Å². The van der Waals surface area contributed by atoms with Crippen molar-refractivity contribution in [3.8, 4) is 5.88 Å². The van der Waals surface area contributed by atoms with Gasteiger partial charge in [-0.15, -0.1) is 0 Å². The van der Waals surface area contributed by atoms with Gasteiger partial charge in [-0.2, -0.15) is 0 Å². The van der Waals surface area contributed by atoms with Crippen molar-refractivity contribution in [2.45, 2.75) is 31.8 Å². The molecule has 0 unspecified atom stereocenters. The molecule has 0 aromatic carbocycles. The molecule has 19 heavy (non-hydrogen) atoms. The quantitative estimate of drug-likeness (QED) is 0.279. The molecule has 1 aromatic heterocycles. The summed E-state index contributed by atoms with van der Waals surface area (Å²) in [7, 11) is 0. The lowest BCUT2D eigenvalue weighted by Gasteiger charge is -2.12. The maximum absolute atomic E-state index is 10.8. The Kier molecular flexibility index (Phi) is 3.79. The number of ether oxygens (including phenoxy) is 1. The Morgan fingerprint density at radius 3 is 2.79 bits per heavy atom. The molecule has 8 heteroatoms. The number of oxime groups is 1. The van der Waals surface area contributed by atoms with Crippen LogP contribution in [0.25, 0.3) is 0 Å². The van der Waals surface area contributed by atoms with E-state index in [1.54, 1.807) is 0 Å². The van der Waals surface area contributed by atoms with E-state index < -0.39 is 10.8 Å². The van der Waals surface area contributed by atoms with Crippen LogP contribution in [0.2, 0.25) is 0 Å². The lowest BCUT2D eigenvalue weighted by atomic mass is 10.2. The van der Waals surface area contributed by atoms with Crippen LogP contribution in [0.1, 0.15) is 31.4 Å². The van der Waals surface area contributed by atoms with Crippen LogP contribution in [-0.4, -0.2) is 27.1 Å². The van der Waals surface area contributed by atoms with Crippen LogP contribution in [0, 0.1) is 10.1 Å². The molecule has 0 bridgehead atoms. The number of pyridine rings is 1. The zero-order valence-electron chi connectivity index (χ0n) is 10.2. The molecule has 8 nitrogen and oxygen atoms in total. The van der Waals surface area contributed by atoms with Gasteiger partial charge in [-0.3, -0.25) is 10.1 Å². The number of hydrogen-bond acceptors (Lipinski definition) is 6. The summed E-state index contributed by atoms with van der Waals surface area (Å²) in [5.74, 6) is -0.164. The first-order valence-electron chi connectivity index (χ1n) is 5.92. The summed E-state index contributed by atoms with van der Waals surface area (Å²) < 4.78 is 5.62. The van der Waals surface area contributed by atoms with E-state index in [1.807, 2.05) is 0 Å². The molecule has 1 fully saturated rings. The molecular formula is C11H14N4O4. The molecule has 1 aliphatic rings. The zero-order valence-corrected chi connectivity index (χ0v) is 10.2. The molecule has 0 amide bonds. The Hall–Kier alpha value is -2.38. The lowest BCUT2D eigenvalue weighted by molar-refractivity contribution is -0.385. The number of nitrogens with two attached hydrogens (primary N) is 1. The van der Waals surface area contributed by atoms with E-state index in [4.69, 9.17) is 15.7 Å². The van der Waals surface area contributed by atoms with Crippen LogP contribution in [-0.2, 0) is 0 Å². The Morgan fingerprint density at radius 2 is 2.21 bits per heavy atom. The highest BCUT2D eigenvalue weighted by Crippen LogP contribution is 2.25. The zero-order chi connectivity index (χ0) is 13.8. The minimum absolute atomic E-state index is 0.0779. The first kappa shape index (κ1) is 13.1. The number of nitrogens with zero attached hydrogens (tertiary/aromatic N) is 3. The van der Waals surface area contributed by atoms with Gasteiger partial charge in [0.2, 0.25) is 5.88 Å². The number of rotatable bonds is 4. The van der Waals surface area contributed by atoms with Gasteiger partial charge in [0.05, 0.1) is 4.92 Å². The van der Waals surface area contributed by atoms with Gasteiger partial charge in [-0.05, 0) is 25.7 Å². The monoisotopic (exact) mass is 266 g/mol. The van der Waals surface area contributed by atoms with Crippen molar-refractivity contribution in [2.24, 2.45) is 10.9 Å². The predicted octanol–water partition coefficient (Wildman–Crippen LogP) is 1.41. The largest absolute Gasteiger partial charge is 0.474 e. The molecular weight excluding hydrogens is 252 g/mol. The minimum atomic E-state index is -0.639. The van der Waals surface area contributed by atoms with E-state index in [9.17, 15) is 10.1 Å². The minimum Gasteiger partial charge on any atom is -0.474 e. The van der Waals surface area contributed by atoms with Crippen molar-refractivity contribution in [2.75, 3.05) is 0 Å². The fourth-order valence-corrected chi connectivity index (χ4v) is 2.06. The summed E-state index contributed by atoms with van der Waals surface area (Å²) >= 11 is 0. The summed E-state index contributed by atoms with van der Waals surface area (Å²) in [4.78, 5) is 14.1. The molecule has 0 radical (unpaired) electrons. The first-order chi connectivity index (χ1) is 9.11. The second-order valence-electron chi connectivity index (χ2n) is 4.28. The summed E-state index contributed by atoms with van der Waals surface area (Å²) in [6, 6.07) is 2.66. The Morgan fingerprint density at radius 1 is 1.53 bits per heavy atom. The number of hydrogen-bond donors (Lipinski definition) is 2. The van der Waals surface area contributed by atoms with Gasteiger partial charge in [0.1, 0.15) is 6.10 Å². The third-order valence-electron chi connectivity index (χ3n) is 2.99. The van der Waals surface area contributed by atoms with Crippen molar-refractivity contribution in [3.63, 3.8) is 0 Å². The molecule has 1 heterocycles.